The Morgan fingerprint density at radius 3 is 3.05 bits per heavy atom. The summed E-state index contributed by atoms with van der Waals surface area (Å²) in [4.78, 5) is 16.0. The molecule has 3 rings (SSSR count). The zero-order chi connectivity index (χ0) is 14.7. The average Bonchev–Trinajstić information content (AvgIpc) is 2.91. The molecule has 0 unspecified atom stereocenters. The summed E-state index contributed by atoms with van der Waals surface area (Å²) in [6.07, 6.45) is 5.05. The van der Waals surface area contributed by atoms with Crippen LogP contribution in [0, 0.1) is 0 Å². The second-order valence-electron chi connectivity index (χ2n) is 4.57. The summed E-state index contributed by atoms with van der Waals surface area (Å²) < 4.78 is 1.75. The summed E-state index contributed by atoms with van der Waals surface area (Å²) in [7, 11) is 1.83. The molecular formula is C14H14N6O. The van der Waals surface area contributed by atoms with Crippen LogP contribution in [0.15, 0.2) is 43.0 Å². The monoisotopic (exact) mass is 282 g/mol. The van der Waals surface area contributed by atoms with Crippen LogP contribution >= 0.6 is 0 Å². The number of benzene rings is 1. The fraction of sp³-hybridized carbons (Fsp3) is 0.143. The van der Waals surface area contributed by atoms with Crippen LogP contribution < -0.4 is 10.6 Å². The van der Waals surface area contributed by atoms with Gasteiger partial charge in [-0.25, -0.2) is 4.79 Å². The van der Waals surface area contributed by atoms with E-state index >= 15 is 0 Å². The topological polar surface area (TPSA) is 84.7 Å². The molecule has 2 aromatic heterocycles. The minimum absolute atomic E-state index is 0.290. The third-order valence-electron chi connectivity index (χ3n) is 3.14. The summed E-state index contributed by atoms with van der Waals surface area (Å²) in [5.41, 5.74) is 0.741. The Labute approximate surface area is 121 Å². The highest BCUT2D eigenvalue weighted by molar-refractivity contribution is 6.01. The summed E-state index contributed by atoms with van der Waals surface area (Å²) >= 11 is 0. The molecule has 7 nitrogen and oxygen atoms in total. The molecule has 0 aliphatic heterocycles. The van der Waals surface area contributed by atoms with Gasteiger partial charge in [-0.05, 0) is 12.1 Å². The first kappa shape index (κ1) is 13.0. The smallest absolute Gasteiger partial charge is 0.319 e. The molecule has 2 heterocycles. The lowest BCUT2D eigenvalue weighted by molar-refractivity contribution is 0.251. The summed E-state index contributed by atoms with van der Waals surface area (Å²) in [5.74, 6) is 0.687. The van der Waals surface area contributed by atoms with E-state index in [1.165, 1.54) is 0 Å². The maximum Gasteiger partial charge on any atom is 0.319 e. The molecular weight excluding hydrogens is 268 g/mol. The van der Waals surface area contributed by atoms with Gasteiger partial charge in [0.25, 0.3) is 0 Å². The van der Waals surface area contributed by atoms with Crippen LogP contribution in [-0.4, -0.2) is 25.8 Å². The highest BCUT2D eigenvalue weighted by Gasteiger charge is 2.07. The van der Waals surface area contributed by atoms with Gasteiger partial charge in [0.1, 0.15) is 6.33 Å². The van der Waals surface area contributed by atoms with Crippen molar-refractivity contribution in [1.82, 2.24) is 25.1 Å². The van der Waals surface area contributed by atoms with E-state index in [1.807, 2.05) is 31.3 Å². The largest absolute Gasteiger partial charge is 0.331 e. The molecule has 0 fully saturated rings. The van der Waals surface area contributed by atoms with Crippen LogP contribution in [0.3, 0.4) is 0 Å². The van der Waals surface area contributed by atoms with Crippen LogP contribution in [0.5, 0.6) is 0 Å². The highest BCUT2D eigenvalue weighted by Crippen LogP contribution is 2.21. The van der Waals surface area contributed by atoms with Gasteiger partial charge in [0.2, 0.25) is 0 Å². The lowest BCUT2D eigenvalue weighted by Gasteiger charge is -2.09. The zero-order valence-electron chi connectivity index (χ0n) is 11.4. The van der Waals surface area contributed by atoms with Gasteiger partial charge < -0.3 is 15.2 Å². The molecule has 0 bridgehead atoms. The molecule has 2 amide bonds. The van der Waals surface area contributed by atoms with Crippen LogP contribution in [0.2, 0.25) is 0 Å². The van der Waals surface area contributed by atoms with Gasteiger partial charge in [0.05, 0.1) is 12.2 Å². The predicted octanol–water partition coefficient (Wildman–Crippen LogP) is 1.68. The number of aryl methyl sites for hydroxylation is 1. The maximum atomic E-state index is 12.0. The van der Waals surface area contributed by atoms with E-state index in [0.29, 0.717) is 12.4 Å². The van der Waals surface area contributed by atoms with E-state index in [0.717, 1.165) is 16.5 Å². The number of nitrogens with zero attached hydrogens (tertiary/aromatic N) is 4. The minimum atomic E-state index is -0.290. The number of pyridine rings is 1. The van der Waals surface area contributed by atoms with Gasteiger partial charge in [0.15, 0.2) is 5.82 Å². The molecule has 0 aliphatic rings. The van der Waals surface area contributed by atoms with E-state index < -0.39 is 0 Å². The second-order valence-corrected chi connectivity index (χ2v) is 4.57. The van der Waals surface area contributed by atoms with Gasteiger partial charge in [-0.15, -0.1) is 10.2 Å². The van der Waals surface area contributed by atoms with E-state index in [9.17, 15) is 4.79 Å². The van der Waals surface area contributed by atoms with Crippen molar-refractivity contribution in [1.29, 1.82) is 0 Å². The number of anilines is 1. The van der Waals surface area contributed by atoms with Crippen molar-refractivity contribution in [3.63, 3.8) is 0 Å². The Morgan fingerprint density at radius 2 is 2.24 bits per heavy atom. The fourth-order valence-electron chi connectivity index (χ4n) is 2.02. The molecule has 0 spiro atoms. The lowest BCUT2D eigenvalue weighted by Crippen LogP contribution is -2.29. The number of nitrogens with one attached hydrogen (secondary N) is 2. The van der Waals surface area contributed by atoms with E-state index in [2.05, 4.69) is 25.8 Å². The Bertz CT molecular complexity index is 776. The van der Waals surface area contributed by atoms with Crippen molar-refractivity contribution in [3.05, 3.63) is 48.8 Å². The van der Waals surface area contributed by atoms with Gasteiger partial charge in [-0.1, -0.05) is 12.1 Å². The summed E-state index contributed by atoms with van der Waals surface area (Å²) in [5, 5.41) is 15.2. The predicted molar refractivity (Wildman–Crippen MR) is 78.6 cm³/mol. The Balaban J connectivity index is 1.70. The standard InChI is InChI=1S/C14H14N6O/c1-20-9-17-19-13(20)8-16-14(21)18-12-4-2-3-10-7-15-6-5-11(10)12/h2-7,9H,8H2,1H3,(H2,16,18,21). The number of hydrogen-bond acceptors (Lipinski definition) is 4. The third-order valence-corrected chi connectivity index (χ3v) is 3.14. The first-order chi connectivity index (χ1) is 10.2. The van der Waals surface area contributed by atoms with Crippen LogP contribution in [0.1, 0.15) is 5.82 Å². The van der Waals surface area contributed by atoms with E-state index in [-0.39, 0.29) is 6.03 Å². The quantitative estimate of drug-likeness (QED) is 0.765. The number of hydrogen-bond donors (Lipinski definition) is 2. The number of carbonyl (C=O) groups excluding carboxylic acids is 1. The van der Waals surface area contributed by atoms with Crippen molar-refractivity contribution in [2.75, 3.05) is 5.32 Å². The normalized spacial score (nSPS) is 10.5. The van der Waals surface area contributed by atoms with Crippen molar-refractivity contribution in [2.45, 2.75) is 6.54 Å². The number of fused-ring (bicyclic) bond motifs is 1. The molecule has 106 valence electrons. The number of amides is 2. The van der Waals surface area contributed by atoms with Crippen LogP contribution in [0.4, 0.5) is 10.5 Å². The van der Waals surface area contributed by atoms with Gasteiger partial charge >= 0.3 is 6.03 Å². The minimum Gasteiger partial charge on any atom is -0.331 e. The van der Waals surface area contributed by atoms with Gasteiger partial charge in [0, 0.05) is 30.2 Å². The number of rotatable bonds is 3. The Hall–Kier alpha value is -2.96. The van der Waals surface area contributed by atoms with Crippen molar-refractivity contribution < 1.29 is 4.79 Å². The molecule has 21 heavy (non-hydrogen) atoms. The molecule has 0 saturated heterocycles. The third kappa shape index (κ3) is 2.81. The average molecular weight is 282 g/mol. The lowest BCUT2D eigenvalue weighted by atomic mass is 10.1. The first-order valence-electron chi connectivity index (χ1n) is 6.44. The van der Waals surface area contributed by atoms with E-state index in [4.69, 9.17) is 0 Å². The van der Waals surface area contributed by atoms with Crippen LogP contribution in [-0.2, 0) is 13.6 Å². The molecule has 7 heteroatoms. The SMILES string of the molecule is Cn1cnnc1CNC(=O)Nc1cccc2cnccc12. The fourth-order valence-corrected chi connectivity index (χ4v) is 2.02. The molecule has 1 aromatic carbocycles. The Kier molecular flexibility index (Phi) is 3.46. The summed E-state index contributed by atoms with van der Waals surface area (Å²) in [6.45, 7) is 0.314. The molecule has 2 N–H and O–H groups in total. The van der Waals surface area contributed by atoms with Crippen molar-refractivity contribution in [3.8, 4) is 0 Å². The Morgan fingerprint density at radius 1 is 1.33 bits per heavy atom. The molecule has 0 radical (unpaired) electrons. The molecule has 0 saturated carbocycles. The molecule has 0 atom stereocenters. The van der Waals surface area contributed by atoms with Crippen LogP contribution in [0.25, 0.3) is 10.8 Å². The number of carbonyl (C=O) groups is 1. The van der Waals surface area contributed by atoms with Crippen molar-refractivity contribution >= 4 is 22.5 Å². The molecule has 0 aliphatic carbocycles. The van der Waals surface area contributed by atoms with Crippen molar-refractivity contribution in [2.24, 2.45) is 7.05 Å². The number of urea groups is 1. The highest BCUT2D eigenvalue weighted by atomic mass is 16.2. The maximum absolute atomic E-state index is 12.0. The second kappa shape index (κ2) is 5.58. The molecule has 3 aromatic rings. The zero-order valence-corrected chi connectivity index (χ0v) is 11.4. The van der Waals surface area contributed by atoms with Gasteiger partial charge in [-0.3, -0.25) is 4.98 Å². The number of aromatic nitrogens is 4. The van der Waals surface area contributed by atoms with Gasteiger partial charge in [-0.2, -0.15) is 0 Å². The summed E-state index contributed by atoms with van der Waals surface area (Å²) in [6, 6.07) is 7.26. The first-order valence-corrected chi connectivity index (χ1v) is 6.44. The van der Waals surface area contributed by atoms with E-state index in [1.54, 1.807) is 23.3 Å².